The number of allylic oxidation sites excluding steroid dienone is 1. The van der Waals surface area contributed by atoms with Gasteiger partial charge < -0.3 is 0 Å². The van der Waals surface area contributed by atoms with E-state index in [9.17, 15) is 12.8 Å². The predicted molar refractivity (Wildman–Crippen MR) is 50.3 cm³/mol. The predicted octanol–water partition coefficient (Wildman–Crippen LogP) is 0.901. The van der Waals surface area contributed by atoms with Crippen LogP contribution in [0.4, 0.5) is 4.39 Å². The second-order valence-electron chi connectivity index (χ2n) is 2.83. The zero-order chi connectivity index (χ0) is 10.9. The van der Waals surface area contributed by atoms with Gasteiger partial charge in [-0.25, -0.2) is 17.9 Å². The van der Waals surface area contributed by atoms with E-state index in [0.29, 0.717) is 11.3 Å². The van der Waals surface area contributed by atoms with Crippen LogP contribution in [0.5, 0.6) is 0 Å². The molecule has 1 aromatic heterocycles. The molecule has 0 saturated carbocycles. The summed E-state index contributed by atoms with van der Waals surface area (Å²) in [5.74, 6) is -0.961. The van der Waals surface area contributed by atoms with Gasteiger partial charge in [-0.15, -0.1) is 0 Å². The first kappa shape index (κ1) is 10.8. The fourth-order valence-corrected chi connectivity index (χ4v) is 1.47. The first-order valence-corrected chi connectivity index (χ1v) is 5.21. The summed E-state index contributed by atoms with van der Waals surface area (Å²) in [6, 6.07) is 1.06. The van der Waals surface area contributed by atoms with E-state index in [1.54, 1.807) is 6.92 Å². The van der Waals surface area contributed by atoms with E-state index in [0.717, 1.165) is 12.3 Å². The van der Waals surface area contributed by atoms with Crippen LogP contribution < -0.4 is 5.14 Å². The summed E-state index contributed by atoms with van der Waals surface area (Å²) in [5.41, 5.74) is 0.838. The van der Waals surface area contributed by atoms with Gasteiger partial charge in [-0.05, 0) is 18.6 Å². The summed E-state index contributed by atoms with van der Waals surface area (Å²) >= 11 is 0. The van der Waals surface area contributed by atoms with Gasteiger partial charge in [0.25, 0.3) is 0 Å². The highest BCUT2D eigenvalue weighted by atomic mass is 32.2. The third-order valence-corrected chi connectivity index (χ3v) is 2.49. The molecule has 0 amide bonds. The van der Waals surface area contributed by atoms with Gasteiger partial charge in [-0.1, -0.05) is 6.58 Å². The number of halogens is 1. The molecule has 0 aliphatic carbocycles. The number of sulfonamides is 1. The summed E-state index contributed by atoms with van der Waals surface area (Å²) in [5, 5.41) is 4.80. The number of rotatable bonds is 2. The molecular formula is C8H9FN2O2S. The number of hydrogen-bond acceptors (Lipinski definition) is 3. The Labute approximate surface area is 81.3 Å². The van der Waals surface area contributed by atoms with E-state index in [4.69, 9.17) is 5.14 Å². The minimum atomic E-state index is -4.05. The molecule has 4 nitrogen and oxygen atoms in total. The van der Waals surface area contributed by atoms with Gasteiger partial charge >= 0.3 is 0 Å². The van der Waals surface area contributed by atoms with Crippen LogP contribution in [-0.2, 0) is 10.0 Å². The Morgan fingerprint density at radius 2 is 2.21 bits per heavy atom. The molecule has 14 heavy (non-hydrogen) atoms. The van der Waals surface area contributed by atoms with Crippen molar-refractivity contribution in [2.24, 2.45) is 5.14 Å². The Kier molecular flexibility index (Phi) is 2.68. The summed E-state index contributed by atoms with van der Waals surface area (Å²) in [6.07, 6.45) is 0.809. The molecule has 0 radical (unpaired) electrons. The van der Waals surface area contributed by atoms with E-state index >= 15 is 0 Å². The molecule has 0 fully saturated rings. The Morgan fingerprint density at radius 3 is 2.64 bits per heavy atom. The van der Waals surface area contributed by atoms with E-state index in [1.165, 1.54) is 0 Å². The third kappa shape index (κ3) is 2.15. The molecule has 0 aromatic carbocycles. The maximum absolute atomic E-state index is 13.0. The highest BCUT2D eigenvalue weighted by molar-refractivity contribution is 7.89. The summed E-state index contributed by atoms with van der Waals surface area (Å²) in [4.78, 5) is 3.09. The van der Waals surface area contributed by atoms with Crippen molar-refractivity contribution in [3.8, 4) is 0 Å². The summed E-state index contributed by atoms with van der Waals surface area (Å²) < 4.78 is 34.8. The molecule has 0 aliphatic rings. The van der Waals surface area contributed by atoms with Gasteiger partial charge in [0.1, 0.15) is 4.90 Å². The fraction of sp³-hybridized carbons (Fsp3) is 0.125. The molecular weight excluding hydrogens is 207 g/mol. The van der Waals surface area contributed by atoms with Crippen LogP contribution in [0.15, 0.2) is 23.7 Å². The quantitative estimate of drug-likeness (QED) is 0.798. The molecule has 1 aromatic rings. The van der Waals surface area contributed by atoms with Crippen LogP contribution in [0.3, 0.4) is 0 Å². The van der Waals surface area contributed by atoms with Crippen LogP contribution in [0, 0.1) is 5.82 Å². The standard InChI is InChI=1S/C8H9FN2O2S/c1-5(2)7-3-8(14(10,12)13)6(9)4-11-7/h3-4H,1H2,2H3,(H2,10,12,13). The van der Waals surface area contributed by atoms with E-state index in [2.05, 4.69) is 11.6 Å². The van der Waals surface area contributed by atoms with Gasteiger partial charge in [0.15, 0.2) is 5.82 Å². The number of nitrogens with zero attached hydrogens (tertiary/aromatic N) is 1. The van der Waals surface area contributed by atoms with Gasteiger partial charge in [-0.2, -0.15) is 0 Å². The summed E-state index contributed by atoms with van der Waals surface area (Å²) in [7, 11) is -4.05. The number of hydrogen-bond donors (Lipinski definition) is 1. The Hall–Kier alpha value is -1.27. The summed E-state index contributed by atoms with van der Waals surface area (Å²) in [6.45, 7) is 5.19. The van der Waals surface area contributed by atoms with Crippen molar-refractivity contribution in [2.75, 3.05) is 0 Å². The van der Waals surface area contributed by atoms with Gasteiger partial charge in [0, 0.05) is 0 Å². The maximum atomic E-state index is 13.0. The molecule has 0 saturated heterocycles. The Balaban J connectivity index is 3.44. The average Bonchev–Trinajstić information content (AvgIpc) is 2.02. The van der Waals surface area contributed by atoms with Gasteiger partial charge in [0.05, 0.1) is 11.9 Å². The highest BCUT2D eigenvalue weighted by Crippen LogP contribution is 2.16. The maximum Gasteiger partial charge on any atom is 0.241 e. The van der Waals surface area contributed by atoms with Crippen LogP contribution in [0.1, 0.15) is 12.6 Å². The Bertz CT molecular complexity index is 482. The van der Waals surface area contributed by atoms with Crippen molar-refractivity contribution in [1.82, 2.24) is 4.98 Å². The van der Waals surface area contributed by atoms with Crippen molar-refractivity contribution < 1.29 is 12.8 Å². The number of nitrogens with two attached hydrogens (primary N) is 1. The van der Waals surface area contributed by atoms with Crippen LogP contribution in [-0.4, -0.2) is 13.4 Å². The fourth-order valence-electron chi connectivity index (χ4n) is 0.872. The molecule has 0 spiro atoms. The van der Waals surface area contributed by atoms with Crippen molar-refractivity contribution in [1.29, 1.82) is 0 Å². The van der Waals surface area contributed by atoms with Crippen LogP contribution in [0.25, 0.3) is 5.57 Å². The monoisotopic (exact) mass is 216 g/mol. The molecule has 0 aliphatic heterocycles. The number of pyridine rings is 1. The van der Waals surface area contributed by atoms with Gasteiger partial charge in [-0.3, -0.25) is 4.98 Å². The molecule has 1 heterocycles. The number of primary sulfonamides is 1. The molecule has 6 heteroatoms. The molecule has 0 bridgehead atoms. The molecule has 0 unspecified atom stereocenters. The first-order chi connectivity index (χ1) is 6.32. The lowest BCUT2D eigenvalue weighted by Gasteiger charge is -2.03. The zero-order valence-electron chi connectivity index (χ0n) is 7.49. The van der Waals surface area contributed by atoms with E-state index in [1.807, 2.05) is 0 Å². The van der Waals surface area contributed by atoms with E-state index in [-0.39, 0.29) is 0 Å². The minimum Gasteiger partial charge on any atom is -0.253 e. The molecule has 2 N–H and O–H groups in total. The minimum absolute atomic E-state index is 0.301. The number of aromatic nitrogens is 1. The lowest BCUT2D eigenvalue weighted by atomic mass is 10.2. The second kappa shape index (κ2) is 3.47. The lowest BCUT2D eigenvalue weighted by molar-refractivity contribution is 0.564. The lowest BCUT2D eigenvalue weighted by Crippen LogP contribution is -2.14. The smallest absolute Gasteiger partial charge is 0.241 e. The van der Waals surface area contributed by atoms with Gasteiger partial charge in [0.2, 0.25) is 10.0 Å². The average molecular weight is 216 g/mol. The topological polar surface area (TPSA) is 73.1 Å². The zero-order valence-corrected chi connectivity index (χ0v) is 8.31. The second-order valence-corrected chi connectivity index (χ2v) is 4.36. The van der Waals surface area contributed by atoms with Crippen molar-refractivity contribution in [3.63, 3.8) is 0 Å². The normalized spacial score (nSPS) is 11.4. The van der Waals surface area contributed by atoms with Crippen molar-refractivity contribution in [3.05, 3.63) is 30.4 Å². The third-order valence-electron chi connectivity index (χ3n) is 1.56. The molecule has 76 valence electrons. The molecule has 0 atom stereocenters. The highest BCUT2D eigenvalue weighted by Gasteiger charge is 2.15. The first-order valence-electron chi connectivity index (χ1n) is 3.66. The Morgan fingerprint density at radius 1 is 1.64 bits per heavy atom. The largest absolute Gasteiger partial charge is 0.253 e. The SMILES string of the molecule is C=C(C)c1cc(S(N)(=O)=O)c(F)cn1. The van der Waals surface area contributed by atoms with Crippen LogP contribution >= 0.6 is 0 Å². The van der Waals surface area contributed by atoms with Crippen LogP contribution in [0.2, 0.25) is 0 Å². The van der Waals surface area contributed by atoms with Crippen molar-refractivity contribution >= 4 is 15.6 Å². The van der Waals surface area contributed by atoms with E-state index < -0.39 is 20.7 Å². The molecule has 1 rings (SSSR count). The van der Waals surface area contributed by atoms with Crippen molar-refractivity contribution in [2.45, 2.75) is 11.8 Å².